The lowest BCUT2D eigenvalue weighted by Gasteiger charge is -2.25. The Morgan fingerprint density at radius 2 is 1.73 bits per heavy atom. The number of ether oxygens (including phenoxy) is 1. The Bertz CT molecular complexity index is 1360. The van der Waals surface area contributed by atoms with Gasteiger partial charge in [0.05, 0.1) is 17.0 Å². The van der Waals surface area contributed by atoms with Crippen LogP contribution in [0.4, 0.5) is 0 Å². The zero-order valence-corrected chi connectivity index (χ0v) is 17.9. The van der Waals surface area contributed by atoms with E-state index in [-0.39, 0.29) is 23.7 Å². The van der Waals surface area contributed by atoms with Crippen LogP contribution in [0.1, 0.15) is 39.7 Å². The van der Waals surface area contributed by atoms with Gasteiger partial charge < -0.3 is 19.2 Å². The fraction of sp³-hybridized carbons (Fsp3) is 0.185. The van der Waals surface area contributed by atoms with Crippen molar-refractivity contribution in [2.75, 3.05) is 13.2 Å². The van der Waals surface area contributed by atoms with Gasteiger partial charge in [-0.05, 0) is 41.8 Å². The van der Waals surface area contributed by atoms with Gasteiger partial charge in [-0.1, -0.05) is 54.6 Å². The molecule has 0 saturated carbocycles. The summed E-state index contributed by atoms with van der Waals surface area (Å²) in [5, 5.41) is 9.81. The van der Waals surface area contributed by atoms with Crippen LogP contribution in [0.15, 0.2) is 88.1 Å². The molecule has 0 fully saturated rings. The first kappa shape index (κ1) is 21.0. The van der Waals surface area contributed by atoms with Gasteiger partial charge in [-0.3, -0.25) is 9.59 Å². The van der Waals surface area contributed by atoms with Crippen molar-refractivity contribution in [2.24, 2.45) is 0 Å². The second-order valence-corrected chi connectivity index (χ2v) is 8.00. The summed E-state index contributed by atoms with van der Waals surface area (Å²) in [6, 6.07) is 23.6. The van der Waals surface area contributed by atoms with Gasteiger partial charge in [0.2, 0.25) is 5.76 Å². The van der Waals surface area contributed by atoms with Crippen LogP contribution in [0.25, 0.3) is 11.0 Å². The monoisotopic (exact) mass is 441 g/mol. The molecule has 5 rings (SSSR count). The summed E-state index contributed by atoms with van der Waals surface area (Å²) in [7, 11) is 0. The minimum Gasteiger partial charge on any atom is -0.489 e. The average Bonchev–Trinajstić information content (AvgIpc) is 3.14. The molecule has 3 aromatic carbocycles. The van der Waals surface area contributed by atoms with E-state index in [0.29, 0.717) is 41.9 Å². The van der Waals surface area contributed by atoms with Crippen LogP contribution in [0, 0.1) is 0 Å². The molecule has 1 aliphatic heterocycles. The van der Waals surface area contributed by atoms with E-state index in [9.17, 15) is 14.7 Å². The highest BCUT2D eigenvalue weighted by Crippen LogP contribution is 2.39. The molecule has 0 aliphatic carbocycles. The minimum absolute atomic E-state index is 0.0591. The lowest BCUT2D eigenvalue weighted by Crippen LogP contribution is -2.31. The zero-order valence-electron chi connectivity index (χ0n) is 17.9. The molecule has 0 unspecified atom stereocenters. The molecule has 0 bridgehead atoms. The Morgan fingerprint density at radius 3 is 2.55 bits per heavy atom. The van der Waals surface area contributed by atoms with Gasteiger partial charge >= 0.3 is 0 Å². The van der Waals surface area contributed by atoms with Crippen molar-refractivity contribution in [3.63, 3.8) is 0 Å². The van der Waals surface area contributed by atoms with Crippen LogP contribution in [0.5, 0.6) is 5.75 Å². The van der Waals surface area contributed by atoms with E-state index in [1.165, 1.54) is 0 Å². The van der Waals surface area contributed by atoms with Crippen molar-refractivity contribution in [3.8, 4) is 5.75 Å². The Kier molecular flexibility index (Phi) is 5.67. The number of benzene rings is 3. The van der Waals surface area contributed by atoms with E-state index >= 15 is 0 Å². The summed E-state index contributed by atoms with van der Waals surface area (Å²) in [5.41, 5.74) is 2.30. The number of fused-ring (bicyclic) bond motifs is 2. The quantitative estimate of drug-likeness (QED) is 0.463. The van der Waals surface area contributed by atoms with Crippen molar-refractivity contribution in [1.29, 1.82) is 0 Å². The van der Waals surface area contributed by atoms with Crippen LogP contribution in [0.3, 0.4) is 0 Å². The lowest BCUT2D eigenvalue weighted by atomic mass is 9.98. The predicted octanol–water partition coefficient (Wildman–Crippen LogP) is 4.30. The standard InChI is InChI=1S/C27H23NO5/c29-15-7-14-28-24(19-10-6-11-20(16-19)32-17-18-8-2-1-3-9-18)23-25(30)21-12-4-5-13-22(21)33-26(23)27(28)31/h1-6,8-13,16,24,29H,7,14-15,17H2/t24-/m0/s1. The first-order valence-electron chi connectivity index (χ1n) is 10.9. The van der Waals surface area contributed by atoms with Gasteiger partial charge in [0.15, 0.2) is 5.43 Å². The van der Waals surface area contributed by atoms with Crippen molar-refractivity contribution >= 4 is 16.9 Å². The van der Waals surface area contributed by atoms with Crippen molar-refractivity contribution in [1.82, 2.24) is 4.90 Å². The molecule has 6 nitrogen and oxygen atoms in total. The van der Waals surface area contributed by atoms with E-state index in [1.807, 2.05) is 54.6 Å². The number of carbonyl (C=O) groups is 1. The van der Waals surface area contributed by atoms with E-state index in [0.717, 1.165) is 11.1 Å². The highest BCUT2D eigenvalue weighted by atomic mass is 16.5. The number of rotatable bonds is 7. The highest BCUT2D eigenvalue weighted by molar-refractivity contribution is 5.99. The molecule has 1 N–H and O–H groups in total. The first-order chi connectivity index (χ1) is 16.2. The fourth-order valence-electron chi connectivity index (χ4n) is 4.30. The van der Waals surface area contributed by atoms with Gasteiger partial charge in [0.25, 0.3) is 5.91 Å². The summed E-state index contributed by atoms with van der Waals surface area (Å²) >= 11 is 0. The number of hydrogen-bond acceptors (Lipinski definition) is 5. The third-order valence-corrected chi connectivity index (χ3v) is 5.85. The molecule has 0 spiro atoms. The number of amides is 1. The summed E-state index contributed by atoms with van der Waals surface area (Å²) in [5.74, 6) is 0.365. The molecule has 6 heteroatoms. The van der Waals surface area contributed by atoms with Gasteiger partial charge in [-0.15, -0.1) is 0 Å². The first-order valence-corrected chi connectivity index (χ1v) is 10.9. The maximum absolute atomic E-state index is 13.4. The van der Waals surface area contributed by atoms with Gasteiger partial charge in [-0.2, -0.15) is 0 Å². The molecule has 1 aromatic heterocycles. The number of aliphatic hydroxyl groups is 1. The van der Waals surface area contributed by atoms with E-state index in [1.54, 1.807) is 29.2 Å². The summed E-state index contributed by atoms with van der Waals surface area (Å²) in [6.45, 7) is 0.650. The Hall–Kier alpha value is -3.90. The largest absolute Gasteiger partial charge is 0.489 e. The van der Waals surface area contributed by atoms with Crippen LogP contribution in [0.2, 0.25) is 0 Å². The number of carbonyl (C=O) groups excluding carboxylic acids is 1. The molecule has 4 aromatic rings. The maximum atomic E-state index is 13.4. The molecule has 1 atom stereocenters. The van der Waals surface area contributed by atoms with Gasteiger partial charge in [0.1, 0.15) is 17.9 Å². The number of para-hydroxylation sites is 1. The van der Waals surface area contributed by atoms with Crippen LogP contribution < -0.4 is 10.2 Å². The molecular weight excluding hydrogens is 418 g/mol. The summed E-state index contributed by atoms with van der Waals surface area (Å²) in [4.78, 5) is 28.3. The van der Waals surface area contributed by atoms with Crippen molar-refractivity contribution in [3.05, 3.63) is 112 Å². The third kappa shape index (κ3) is 3.90. The molecule has 1 amide bonds. The van der Waals surface area contributed by atoms with Crippen molar-refractivity contribution in [2.45, 2.75) is 19.1 Å². The Balaban J connectivity index is 1.57. The molecule has 2 heterocycles. The normalized spacial score (nSPS) is 15.1. The second kappa shape index (κ2) is 8.92. The number of aliphatic hydroxyl groups excluding tert-OH is 1. The molecule has 33 heavy (non-hydrogen) atoms. The number of hydrogen-bond donors (Lipinski definition) is 1. The molecular formula is C27H23NO5. The molecule has 0 radical (unpaired) electrons. The second-order valence-electron chi connectivity index (χ2n) is 8.00. The van der Waals surface area contributed by atoms with E-state index in [4.69, 9.17) is 9.15 Å². The Labute approximate surface area is 190 Å². The van der Waals surface area contributed by atoms with E-state index in [2.05, 4.69) is 0 Å². The van der Waals surface area contributed by atoms with Crippen LogP contribution in [-0.2, 0) is 6.61 Å². The fourth-order valence-corrected chi connectivity index (χ4v) is 4.30. The van der Waals surface area contributed by atoms with Gasteiger partial charge in [-0.25, -0.2) is 0 Å². The van der Waals surface area contributed by atoms with Crippen LogP contribution >= 0.6 is 0 Å². The van der Waals surface area contributed by atoms with E-state index < -0.39 is 6.04 Å². The van der Waals surface area contributed by atoms with Gasteiger partial charge in [0, 0.05) is 13.2 Å². The lowest BCUT2D eigenvalue weighted by molar-refractivity contribution is 0.0716. The average molecular weight is 441 g/mol. The molecule has 166 valence electrons. The maximum Gasteiger partial charge on any atom is 0.290 e. The van der Waals surface area contributed by atoms with Crippen molar-refractivity contribution < 1.29 is 19.1 Å². The Morgan fingerprint density at radius 1 is 0.939 bits per heavy atom. The zero-order chi connectivity index (χ0) is 22.8. The number of nitrogens with zero attached hydrogens (tertiary/aromatic N) is 1. The minimum atomic E-state index is -0.611. The molecule has 0 saturated heterocycles. The SMILES string of the molecule is O=C1c2oc3ccccc3c(=O)c2[C@H](c2cccc(OCc3ccccc3)c2)N1CCCO. The van der Waals surface area contributed by atoms with Crippen LogP contribution in [-0.4, -0.2) is 29.1 Å². The topological polar surface area (TPSA) is 80.0 Å². The third-order valence-electron chi connectivity index (χ3n) is 5.85. The molecule has 1 aliphatic rings. The predicted molar refractivity (Wildman–Crippen MR) is 124 cm³/mol. The highest BCUT2D eigenvalue weighted by Gasteiger charge is 2.42. The summed E-state index contributed by atoms with van der Waals surface area (Å²) in [6.07, 6.45) is 0.397. The smallest absolute Gasteiger partial charge is 0.290 e. The summed E-state index contributed by atoms with van der Waals surface area (Å²) < 4.78 is 11.9.